The van der Waals surface area contributed by atoms with Crippen molar-refractivity contribution in [3.05, 3.63) is 38.8 Å². The molecule has 0 unspecified atom stereocenters. The summed E-state index contributed by atoms with van der Waals surface area (Å²) < 4.78 is 0. The number of hydrogen-bond donors (Lipinski definition) is 2. The molecule has 22 heavy (non-hydrogen) atoms. The second-order valence-electron chi connectivity index (χ2n) is 5.12. The highest BCUT2D eigenvalue weighted by Gasteiger charge is 2.14. The zero-order valence-electron chi connectivity index (χ0n) is 13.4. The van der Waals surface area contributed by atoms with E-state index in [9.17, 15) is 9.59 Å². The van der Waals surface area contributed by atoms with Crippen molar-refractivity contribution < 1.29 is 9.59 Å². The molecule has 0 spiro atoms. The van der Waals surface area contributed by atoms with E-state index >= 15 is 0 Å². The van der Waals surface area contributed by atoms with Crippen molar-refractivity contribution in [1.29, 1.82) is 0 Å². The lowest BCUT2D eigenvalue weighted by molar-refractivity contribution is -0.121. The SMILES string of the molecule is CCC(=O)Nc1c(C)cc(C)c(CCC(=O)NN=[N+]=[N-])c1C. The van der Waals surface area contributed by atoms with Crippen molar-refractivity contribution in [3.8, 4) is 0 Å². The summed E-state index contributed by atoms with van der Waals surface area (Å²) in [7, 11) is 0. The van der Waals surface area contributed by atoms with E-state index in [1.807, 2.05) is 26.8 Å². The summed E-state index contributed by atoms with van der Waals surface area (Å²) in [5, 5.41) is 5.95. The highest BCUT2D eigenvalue weighted by molar-refractivity contribution is 5.92. The number of carbonyl (C=O) groups excluding carboxylic acids is 2. The van der Waals surface area contributed by atoms with Crippen molar-refractivity contribution in [2.45, 2.75) is 47.0 Å². The highest BCUT2D eigenvalue weighted by atomic mass is 16.2. The molecule has 2 amide bonds. The Balaban J connectivity index is 2.99. The summed E-state index contributed by atoms with van der Waals surface area (Å²) in [4.78, 5) is 25.7. The summed E-state index contributed by atoms with van der Waals surface area (Å²) in [6.07, 6.45) is 1.14. The second kappa shape index (κ2) is 8.05. The van der Waals surface area contributed by atoms with Gasteiger partial charge in [-0.3, -0.25) is 4.79 Å². The number of hydrogen-bond acceptors (Lipinski definition) is 3. The number of anilines is 1. The average molecular weight is 303 g/mol. The minimum absolute atomic E-state index is 0.0397. The molecule has 0 aliphatic heterocycles. The molecule has 118 valence electrons. The average Bonchev–Trinajstić information content (AvgIpc) is 2.48. The molecule has 2 N–H and O–H groups in total. The van der Waals surface area contributed by atoms with Gasteiger partial charge in [-0.15, -0.1) is 5.53 Å². The molecule has 0 saturated heterocycles. The second-order valence-corrected chi connectivity index (χ2v) is 5.12. The Morgan fingerprint density at radius 3 is 2.50 bits per heavy atom. The molecule has 0 radical (unpaired) electrons. The summed E-state index contributed by atoms with van der Waals surface area (Å²) in [5.74, 6) is -0.376. The van der Waals surface area contributed by atoms with Crippen LogP contribution in [0.4, 0.5) is 5.69 Å². The van der Waals surface area contributed by atoms with Gasteiger partial charge in [-0.1, -0.05) is 13.0 Å². The van der Waals surface area contributed by atoms with Crippen molar-refractivity contribution >= 4 is 17.5 Å². The zero-order chi connectivity index (χ0) is 16.7. The first-order valence-corrected chi connectivity index (χ1v) is 7.13. The predicted octanol–water partition coefficient (Wildman–Crippen LogP) is 3.23. The van der Waals surface area contributed by atoms with Gasteiger partial charge in [0, 0.05) is 12.1 Å². The van der Waals surface area contributed by atoms with E-state index in [0.29, 0.717) is 12.8 Å². The lowest BCUT2D eigenvalue weighted by atomic mass is 9.94. The van der Waals surface area contributed by atoms with Crippen LogP contribution in [-0.4, -0.2) is 11.8 Å². The first kappa shape index (κ1) is 17.5. The number of benzene rings is 1. The number of nitrogens with one attached hydrogen (secondary N) is 2. The van der Waals surface area contributed by atoms with Crippen LogP contribution in [0.2, 0.25) is 0 Å². The summed E-state index contributed by atoms with van der Waals surface area (Å²) in [5.41, 5.74) is 15.1. The Labute approximate surface area is 129 Å². The van der Waals surface area contributed by atoms with Crippen LogP contribution in [0, 0.1) is 20.8 Å². The number of nitrogens with zero attached hydrogens (tertiary/aromatic N) is 3. The number of rotatable bonds is 6. The Kier molecular flexibility index (Phi) is 6.41. The van der Waals surface area contributed by atoms with Gasteiger partial charge in [-0.25, -0.2) is 4.79 Å². The molecular formula is C15H21N5O2. The van der Waals surface area contributed by atoms with Gasteiger partial charge >= 0.3 is 5.91 Å². The first-order chi connectivity index (χ1) is 10.4. The largest absolute Gasteiger partial charge is 0.326 e. The van der Waals surface area contributed by atoms with Crippen molar-refractivity contribution in [2.24, 2.45) is 5.22 Å². The van der Waals surface area contributed by atoms with Gasteiger partial charge in [0.05, 0.1) is 6.42 Å². The molecule has 0 fully saturated rings. The third-order valence-electron chi connectivity index (χ3n) is 3.54. The molecule has 0 aromatic heterocycles. The van der Waals surface area contributed by atoms with Gasteiger partial charge in [-0.05, 0) is 54.7 Å². The van der Waals surface area contributed by atoms with Crippen LogP contribution < -0.4 is 10.7 Å². The normalized spacial score (nSPS) is 9.82. The lowest BCUT2D eigenvalue weighted by Crippen LogP contribution is -2.18. The van der Waals surface area contributed by atoms with Gasteiger partial charge in [0.25, 0.3) is 0 Å². The maximum absolute atomic E-state index is 11.6. The monoisotopic (exact) mass is 303 g/mol. The molecule has 1 aromatic rings. The summed E-state index contributed by atoms with van der Waals surface area (Å²) >= 11 is 0. The number of azide groups is 1. The van der Waals surface area contributed by atoms with Crippen LogP contribution in [0.3, 0.4) is 0 Å². The van der Waals surface area contributed by atoms with E-state index in [4.69, 9.17) is 5.53 Å². The minimum Gasteiger partial charge on any atom is -0.326 e. The summed E-state index contributed by atoms with van der Waals surface area (Å²) in [6, 6.07) is 2.00. The molecule has 7 heteroatoms. The molecule has 0 saturated carbocycles. The maximum atomic E-state index is 11.6. The fraction of sp³-hybridized carbons (Fsp3) is 0.467. The molecule has 7 nitrogen and oxygen atoms in total. The number of aryl methyl sites for hydroxylation is 2. The van der Waals surface area contributed by atoms with E-state index < -0.39 is 0 Å². The highest BCUT2D eigenvalue weighted by Crippen LogP contribution is 2.28. The third kappa shape index (κ3) is 4.49. The molecule has 0 bridgehead atoms. The molecule has 0 aliphatic rings. The van der Waals surface area contributed by atoms with Gasteiger partial charge in [0.2, 0.25) is 5.91 Å². The Morgan fingerprint density at radius 2 is 1.91 bits per heavy atom. The van der Waals surface area contributed by atoms with E-state index in [1.165, 1.54) is 0 Å². The van der Waals surface area contributed by atoms with Crippen LogP contribution in [0.15, 0.2) is 11.3 Å². The Morgan fingerprint density at radius 1 is 1.23 bits per heavy atom. The zero-order valence-corrected chi connectivity index (χ0v) is 13.4. The first-order valence-electron chi connectivity index (χ1n) is 7.13. The van der Waals surface area contributed by atoms with Crippen molar-refractivity contribution in [3.63, 3.8) is 0 Å². The fourth-order valence-corrected chi connectivity index (χ4v) is 2.40. The van der Waals surface area contributed by atoms with Gasteiger partial charge < -0.3 is 5.32 Å². The molecule has 0 atom stereocenters. The van der Waals surface area contributed by atoms with Crippen LogP contribution in [0.1, 0.15) is 42.0 Å². The molecule has 1 rings (SSSR count). The van der Waals surface area contributed by atoms with Gasteiger partial charge in [0.15, 0.2) is 0 Å². The van der Waals surface area contributed by atoms with E-state index in [1.54, 1.807) is 6.92 Å². The molecule has 0 aliphatic carbocycles. The smallest absolute Gasteiger partial charge is 0.310 e. The van der Waals surface area contributed by atoms with E-state index in [2.05, 4.69) is 20.9 Å². The van der Waals surface area contributed by atoms with Gasteiger partial charge in [0.1, 0.15) is 0 Å². The number of carbonyl (C=O) groups is 2. The summed E-state index contributed by atoms with van der Waals surface area (Å²) in [6.45, 7) is 7.66. The molecular weight excluding hydrogens is 282 g/mol. The number of amides is 2. The quantitative estimate of drug-likeness (QED) is 0.364. The Hall–Kier alpha value is -2.53. The van der Waals surface area contributed by atoms with Crippen LogP contribution in [-0.2, 0) is 16.0 Å². The van der Waals surface area contributed by atoms with E-state index in [0.717, 1.165) is 27.9 Å². The van der Waals surface area contributed by atoms with Crippen molar-refractivity contribution in [1.82, 2.24) is 5.43 Å². The van der Waals surface area contributed by atoms with Crippen LogP contribution in [0.25, 0.3) is 10.4 Å². The lowest BCUT2D eigenvalue weighted by Gasteiger charge is -2.17. The minimum atomic E-state index is -0.337. The van der Waals surface area contributed by atoms with Crippen LogP contribution >= 0.6 is 0 Å². The van der Waals surface area contributed by atoms with E-state index in [-0.39, 0.29) is 18.2 Å². The van der Waals surface area contributed by atoms with Gasteiger partial charge in [-0.2, -0.15) is 10.3 Å². The maximum Gasteiger partial charge on any atom is 0.310 e. The molecule has 0 heterocycles. The Bertz CT molecular complexity index is 633. The fourth-order valence-electron chi connectivity index (χ4n) is 2.40. The standard InChI is InChI=1S/C15H21N5O2/c1-5-13(21)17-15-10(3)8-9(2)12(11(15)4)6-7-14(22)18-20-19-16/h8H,5-7H2,1-4H3,(H,17,21)(H,18,22). The topological polar surface area (TPSA) is 107 Å². The predicted molar refractivity (Wildman–Crippen MR) is 85.2 cm³/mol. The molecule has 1 aromatic carbocycles. The van der Waals surface area contributed by atoms with Crippen molar-refractivity contribution in [2.75, 3.05) is 5.32 Å². The van der Waals surface area contributed by atoms with Crippen LogP contribution in [0.5, 0.6) is 0 Å². The third-order valence-corrected chi connectivity index (χ3v) is 3.54.